The van der Waals surface area contributed by atoms with Gasteiger partial charge in [-0.05, 0) is 73.5 Å². The van der Waals surface area contributed by atoms with Crippen molar-refractivity contribution in [2.24, 2.45) is 0 Å². The number of nitrogens with two attached hydrogens (primary N) is 2. The highest BCUT2D eigenvalue weighted by atomic mass is 32.2. The molecule has 4 aromatic carbocycles. The van der Waals surface area contributed by atoms with Crippen molar-refractivity contribution in [1.29, 1.82) is 0 Å². The quantitative estimate of drug-likeness (QED) is 0.0757. The molecule has 0 amide bonds. The van der Waals surface area contributed by atoms with Gasteiger partial charge in [0, 0.05) is 60.1 Å². The first-order chi connectivity index (χ1) is 22.0. The number of carbonyl (C=O) groups excluding carboxylic acids is 2. The van der Waals surface area contributed by atoms with Gasteiger partial charge in [-0.1, -0.05) is 24.3 Å². The van der Waals surface area contributed by atoms with Gasteiger partial charge in [0.2, 0.25) is 20.0 Å². The number of nitrogens with one attached hydrogen (secondary N) is 4. The van der Waals surface area contributed by atoms with Gasteiger partial charge in [-0.15, -0.1) is 0 Å². The van der Waals surface area contributed by atoms with Crippen LogP contribution < -0.4 is 31.5 Å². The molecule has 0 fully saturated rings. The number of benzene rings is 4. The Kier molecular flexibility index (Phi) is 9.72. The Hall–Kier alpha value is -4.76. The molecular formula is C32H34N6O6S2. The van der Waals surface area contributed by atoms with Crippen LogP contribution in [0.2, 0.25) is 0 Å². The monoisotopic (exact) mass is 662 g/mol. The third kappa shape index (κ3) is 7.21. The van der Waals surface area contributed by atoms with Crippen LogP contribution in [0.5, 0.6) is 0 Å². The van der Waals surface area contributed by atoms with Crippen LogP contribution in [0.25, 0.3) is 0 Å². The Morgan fingerprint density at radius 2 is 0.891 bits per heavy atom. The fourth-order valence-corrected chi connectivity index (χ4v) is 7.18. The molecule has 0 heterocycles. The molecule has 5 rings (SSSR count). The van der Waals surface area contributed by atoms with Gasteiger partial charge >= 0.3 is 0 Å². The summed E-state index contributed by atoms with van der Waals surface area (Å²) in [5, 5.41) is 6.36. The Morgan fingerprint density at radius 3 is 1.28 bits per heavy atom. The highest BCUT2D eigenvalue weighted by molar-refractivity contribution is 7.89. The minimum Gasteiger partial charge on any atom is -0.399 e. The maximum Gasteiger partial charge on any atom is 0.240 e. The van der Waals surface area contributed by atoms with Crippen molar-refractivity contribution in [3.8, 4) is 0 Å². The average molecular weight is 663 g/mol. The molecule has 240 valence electrons. The Balaban J connectivity index is 1.20. The van der Waals surface area contributed by atoms with Gasteiger partial charge in [0.1, 0.15) is 0 Å². The first kappa shape index (κ1) is 32.6. The van der Waals surface area contributed by atoms with Crippen molar-refractivity contribution in [2.75, 3.05) is 48.3 Å². The zero-order valence-electron chi connectivity index (χ0n) is 24.7. The molecule has 0 saturated carbocycles. The van der Waals surface area contributed by atoms with Crippen LogP contribution in [0.15, 0.2) is 94.7 Å². The smallest absolute Gasteiger partial charge is 0.240 e. The van der Waals surface area contributed by atoms with Crippen LogP contribution in [0, 0.1) is 0 Å². The Morgan fingerprint density at radius 1 is 0.500 bits per heavy atom. The highest BCUT2D eigenvalue weighted by Crippen LogP contribution is 2.35. The molecule has 0 radical (unpaired) electrons. The van der Waals surface area contributed by atoms with Crippen LogP contribution in [0.3, 0.4) is 0 Å². The molecule has 0 aromatic heterocycles. The number of hydrogen-bond donors (Lipinski definition) is 6. The third-order valence-electron chi connectivity index (χ3n) is 7.38. The number of carbonyl (C=O) groups is 2. The molecule has 46 heavy (non-hydrogen) atoms. The Labute approximate surface area is 267 Å². The molecule has 0 spiro atoms. The first-order valence-electron chi connectivity index (χ1n) is 14.5. The van der Waals surface area contributed by atoms with Gasteiger partial charge in [0.15, 0.2) is 11.6 Å². The fraction of sp³-hybridized carbons (Fsp3) is 0.188. The summed E-state index contributed by atoms with van der Waals surface area (Å²) < 4.78 is 55.2. The summed E-state index contributed by atoms with van der Waals surface area (Å²) in [7, 11) is -7.40. The van der Waals surface area contributed by atoms with E-state index in [0.717, 1.165) is 0 Å². The Bertz CT molecular complexity index is 1840. The van der Waals surface area contributed by atoms with E-state index in [-0.39, 0.29) is 56.7 Å². The van der Waals surface area contributed by atoms with Crippen molar-refractivity contribution >= 4 is 54.4 Å². The van der Waals surface area contributed by atoms with Gasteiger partial charge in [-0.3, -0.25) is 9.59 Å². The van der Waals surface area contributed by atoms with E-state index >= 15 is 0 Å². The van der Waals surface area contributed by atoms with Crippen LogP contribution in [-0.2, 0) is 20.0 Å². The second-order valence-corrected chi connectivity index (χ2v) is 14.1. The average Bonchev–Trinajstić information content (AvgIpc) is 3.03. The van der Waals surface area contributed by atoms with Gasteiger partial charge in [-0.2, -0.15) is 0 Å². The molecule has 14 heteroatoms. The SMILES string of the molecule is Nc1ccc(S(=O)(=O)NCCCNc2cccc3c2C(=O)c2c(NCCCNS(=O)(=O)c4ccc(N)cc4)cccc2C3=O)cc1. The predicted octanol–water partition coefficient (Wildman–Crippen LogP) is 3.19. The minimum atomic E-state index is -3.70. The zero-order chi connectivity index (χ0) is 32.9. The van der Waals surface area contributed by atoms with Gasteiger partial charge < -0.3 is 22.1 Å². The van der Waals surface area contributed by atoms with Crippen molar-refractivity contribution in [1.82, 2.24) is 9.44 Å². The summed E-state index contributed by atoms with van der Waals surface area (Å²) in [6.07, 6.45) is 0.816. The van der Waals surface area contributed by atoms with Gasteiger partial charge in [-0.25, -0.2) is 26.3 Å². The number of ketones is 2. The predicted molar refractivity (Wildman–Crippen MR) is 178 cm³/mol. The molecule has 8 N–H and O–H groups in total. The molecule has 1 aliphatic carbocycles. The van der Waals surface area contributed by atoms with E-state index in [0.29, 0.717) is 48.7 Å². The summed E-state index contributed by atoms with van der Waals surface area (Å²) in [6, 6.07) is 21.8. The topological polar surface area (TPSA) is 203 Å². The van der Waals surface area contributed by atoms with Crippen LogP contribution in [0.4, 0.5) is 22.7 Å². The van der Waals surface area contributed by atoms with E-state index in [1.807, 2.05) is 0 Å². The summed E-state index contributed by atoms with van der Waals surface area (Å²) >= 11 is 0. The molecule has 0 bridgehead atoms. The largest absolute Gasteiger partial charge is 0.399 e. The number of sulfonamides is 2. The maximum absolute atomic E-state index is 13.9. The molecular weight excluding hydrogens is 629 g/mol. The van der Waals surface area contributed by atoms with Crippen molar-refractivity contribution in [3.63, 3.8) is 0 Å². The minimum absolute atomic E-state index is 0.110. The number of nitrogen functional groups attached to an aromatic ring is 2. The summed E-state index contributed by atoms with van der Waals surface area (Å²) in [4.78, 5) is 27.5. The van der Waals surface area contributed by atoms with E-state index in [1.54, 1.807) is 36.4 Å². The molecule has 0 aliphatic heterocycles. The van der Waals surface area contributed by atoms with Crippen molar-refractivity contribution < 1.29 is 26.4 Å². The second-order valence-electron chi connectivity index (χ2n) is 10.6. The molecule has 0 atom stereocenters. The lowest BCUT2D eigenvalue weighted by atomic mass is 9.82. The second kappa shape index (κ2) is 13.7. The van der Waals surface area contributed by atoms with Crippen LogP contribution >= 0.6 is 0 Å². The number of hydrogen-bond acceptors (Lipinski definition) is 10. The van der Waals surface area contributed by atoms with Crippen LogP contribution in [0.1, 0.15) is 44.7 Å². The highest BCUT2D eigenvalue weighted by Gasteiger charge is 2.33. The lowest BCUT2D eigenvalue weighted by Gasteiger charge is -2.23. The molecule has 0 saturated heterocycles. The first-order valence-corrected chi connectivity index (χ1v) is 17.5. The lowest BCUT2D eigenvalue weighted by molar-refractivity contribution is 0.0980. The van der Waals surface area contributed by atoms with E-state index in [9.17, 15) is 26.4 Å². The van der Waals surface area contributed by atoms with E-state index in [2.05, 4.69) is 20.1 Å². The summed E-state index contributed by atoms with van der Waals surface area (Å²) in [5.41, 5.74) is 14.2. The number of anilines is 4. The van der Waals surface area contributed by atoms with E-state index in [1.165, 1.54) is 48.5 Å². The summed E-state index contributed by atoms with van der Waals surface area (Å²) in [6.45, 7) is 0.964. The van der Waals surface area contributed by atoms with Gasteiger partial charge in [0.25, 0.3) is 0 Å². The van der Waals surface area contributed by atoms with Crippen molar-refractivity contribution in [2.45, 2.75) is 22.6 Å². The lowest BCUT2D eigenvalue weighted by Crippen LogP contribution is -2.27. The molecule has 4 aromatic rings. The van der Waals surface area contributed by atoms with E-state index < -0.39 is 20.0 Å². The molecule has 1 aliphatic rings. The van der Waals surface area contributed by atoms with Crippen LogP contribution in [-0.4, -0.2) is 54.6 Å². The fourth-order valence-electron chi connectivity index (χ4n) is 5.03. The normalized spacial score (nSPS) is 12.8. The van der Waals surface area contributed by atoms with Crippen molar-refractivity contribution in [3.05, 3.63) is 107 Å². The zero-order valence-corrected chi connectivity index (χ0v) is 26.4. The third-order valence-corrected chi connectivity index (χ3v) is 10.3. The van der Waals surface area contributed by atoms with E-state index in [4.69, 9.17) is 11.5 Å². The molecule has 12 nitrogen and oxygen atoms in total. The number of fused-ring (bicyclic) bond motifs is 2. The van der Waals surface area contributed by atoms with Gasteiger partial charge in [0.05, 0.1) is 20.9 Å². The maximum atomic E-state index is 13.9. The number of rotatable bonds is 14. The standard InChI is InChI=1S/C32H34N6O6S2/c33-21-9-13-23(14-10-21)45(41,42)37-19-3-17-35-27-7-1-5-25-29(27)32(40)30-26(31(25)39)6-2-8-28(30)36-18-4-20-38-46(43,44)24-15-11-22(34)12-16-24/h1-2,5-16,35-38H,3-4,17-20,33-34H2. The molecule has 0 unspecified atom stereocenters. The summed E-state index contributed by atoms with van der Waals surface area (Å²) in [5.74, 6) is -0.617.